The fourth-order valence-electron chi connectivity index (χ4n) is 4.50. The molecule has 2 aliphatic rings. The Balaban J connectivity index is 1.28. The van der Waals surface area contributed by atoms with Gasteiger partial charge in [0.2, 0.25) is 0 Å². The van der Waals surface area contributed by atoms with Gasteiger partial charge in [0.25, 0.3) is 0 Å². The second kappa shape index (κ2) is 7.53. The van der Waals surface area contributed by atoms with E-state index >= 15 is 0 Å². The molecule has 2 heterocycles. The van der Waals surface area contributed by atoms with Crippen LogP contribution in [0, 0.1) is 5.82 Å². The van der Waals surface area contributed by atoms with Crippen LogP contribution in [0.2, 0.25) is 0 Å². The maximum Gasteiger partial charge on any atom is 0.162 e. The monoisotopic (exact) mass is 367 g/mol. The molecule has 0 N–H and O–H groups in total. The van der Waals surface area contributed by atoms with Crippen LogP contribution in [-0.4, -0.2) is 30.3 Å². The molecule has 0 aliphatic carbocycles. The Morgan fingerprint density at radius 3 is 2.59 bits per heavy atom. The van der Waals surface area contributed by atoms with Crippen LogP contribution in [0.15, 0.2) is 48.5 Å². The number of nitrogens with zero attached hydrogens (tertiary/aromatic N) is 1. The summed E-state index contributed by atoms with van der Waals surface area (Å²) in [6.07, 6.45) is 3.50. The van der Waals surface area contributed by atoms with Gasteiger partial charge in [-0.1, -0.05) is 24.3 Å². The lowest BCUT2D eigenvalue weighted by molar-refractivity contribution is -0.103. The molecular weight excluding hydrogens is 341 g/mol. The van der Waals surface area contributed by atoms with Crippen LogP contribution in [0.1, 0.15) is 60.2 Å². The zero-order valence-corrected chi connectivity index (χ0v) is 15.8. The number of rotatable bonds is 5. The molecule has 1 atom stereocenters. The number of benzene rings is 2. The zero-order chi connectivity index (χ0) is 18.9. The van der Waals surface area contributed by atoms with Crippen molar-refractivity contribution in [1.29, 1.82) is 0 Å². The van der Waals surface area contributed by atoms with Crippen molar-refractivity contribution in [2.75, 3.05) is 19.6 Å². The van der Waals surface area contributed by atoms with Crippen LogP contribution in [0.3, 0.4) is 0 Å². The van der Waals surface area contributed by atoms with E-state index in [-0.39, 0.29) is 23.3 Å². The normalized spacial score (nSPS) is 21.3. The lowest BCUT2D eigenvalue weighted by Crippen LogP contribution is -2.43. The Bertz CT molecular complexity index is 809. The van der Waals surface area contributed by atoms with Crippen LogP contribution in [0.25, 0.3) is 0 Å². The third-order valence-corrected chi connectivity index (χ3v) is 6.00. The minimum atomic E-state index is -0.307. The van der Waals surface area contributed by atoms with Gasteiger partial charge in [0.05, 0.1) is 11.7 Å². The first-order chi connectivity index (χ1) is 13.1. The number of ketones is 1. The summed E-state index contributed by atoms with van der Waals surface area (Å²) in [4.78, 5) is 14.6. The first kappa shape index (κ1) is 18.3. The van der Waals surface area contributed by atoms with Crippen molar-refractivity contribution < 1.29 is 13.9 Å². The maximum atomic E-state index is 13.0. The largest absolute Gasteiger partial charge is 0.363 e. The van der Waals surface area contributed by atoms with Crippen LogP contribution in [0.4, 0.5) is 4.39 Å². The molecule has 3 nitrogen and oxygen atoms in total. The van der Waals surface area contributed by atoms with E-state index < -0.39 is 0 Å². The summed E-state index contributed by atoms with van der Waals surface area (Å²) in [6, 6.07) is 14.4. The standard InChI is InChI=1S/C23H26FNO2/c1-17-20-5-2-3-6-21(20)23(27-17)12-15-25(16-13-23)14-4-7-22(26)18-8-10-19(24)11-9-18/h2-3,5-6,8-11,17H,4,7,12-16H2,1H3. The number of Topliss-reactive ketones (excluding diaryl/α,β-unsaturated/α-hetero) is 1. The van der Waals surface area contributed by atoms with E-state index in [1.54, 1.807) is 12.1 Å². The van der Waals surface area contributed by atoms with E-state index in [1.165, 1.54) is 23.3 Å². The van der Waals surface area contributed by atoms with Crippen molar-refractivity contribution in [3.63, 3.8) is 0 Å². The minimum absolute atomic E-state index is 0.0883. The highest BCUT2D eigenvalue weighted by molar-refractivity contribution is 5.95. The number of carbonyl (C=O) groups excluding carboxylic acids is 1. The van der Waals surface area contributed by atoms with E-state index in [9.17, 15) is 9.18 Å². The quantitative estimate of drug-likeness (QED) is 0.706. The Morgan fingerprint density at radius 1 is 1.15 bits per heavy atom. The van der Waals surface area contributed by atoms with Crippen molar-refractivity contribution >= 4 is 5.78 Å². The molecule has 0 aromatic heterocycles. The molecule has 1 unspecified atom stereocenters. The number of fused-ring (bicyclic) bond motifs is 2. The predicted molar refractivity (Wildman–Crippen MR) is 103 cm³/mol. The second-order valence-electron chi connectivity index (χ2n) is 7.72. The molecule has 27 heavy (non-hydrogen) atoms. The van der Waals surface area contributed by atoms with Gasteiger partial charge < -0.3 is 9.64 Å². The van der Waals surface area contributed by atoms with Crippen LogP contribution < -0.4 is 0 Å². The van der Waals surface area contributed by atoms with Crippen LogP contribution in [-0.2, 0) is 10.3 Å². The zero-order valence-electron chi connectivity index (χ0n) is 15.8. The molecule has 2 aromatic carbocycles. The van der Waals surface area contributed by atoms with Crippen molar-refractivity contribution in [2.45, 2.75) is 44.3 Å². The molecule has 1 saturated heterocycles. The van der Waals surface area contributed by atoms with Gasteiger partial charge in [0.15, 0.2) is 5.78 Å². The second-order valence-corrected chi connectivity index (χ2v) is 7.72. The Labute approximate surface area is 160 Å². The maximum absolute atomic E-state index is 13.0. The predicted octanol–water partition coefficient (Wildman–Crippen LogP) is 4.87. The lowest BCUT2D eigenvalue weighted by atomic mass is 9.83. The summed E-state index contributed by atoms with van der Waals surface area (Å²) in [5.74, 6) is -0.218. The fraction of sp³-hybridized carbons (Fsp3) is 0.435. The minimum Gasteiger partial charge on any atom is -0.363 e. The Hall–Kier alpha value is -2.04. The van der Waals surface area contributed by atoms with Gasteiger partial charge in [0, 0.05) is 25.1 Å². The molecule has 4 heteroatoms. The number of carbonyl (C=O) groups is 1. The van der Waals surface area contributed by atoms with E-state index in [2.05, 4.69) is 36.1 Å². The average molecular weight is 367 g/mol. The topological polar surface area (TPSA) is 29.5 Å². The first-order valence-electron chi connectivity index (χ1n) is 9.86. The highest BCUT2D eigenvalue weighted by atomic mass is 19.1. The van der Waals surface area contributed by atoms with Crippen LogP contribution in [0.5, 0.6) is 0 Å². The molecule has 0 saturated carbocycles. The molecule has 1 fully saturated rings. The average Bonchev–Trinajstić information content (AvgIpc) is 2.96. The van der Waals surface area contributed by atoms with Gasteiger partial charge in [-0.2, -0.15) is 0 Å². The number of hydrogen-bond acceptors (Lipinski definition) is 3. The molecule has 4 rings (SSSR count). The van der Waals surface area contributed by atoms with Crippen molar-refractivity contribution in [2.24, 2.45) is 0 Å². The molecule has 0 bridgehead atoms. The number of ether oxygens (including phenoxy) is 1. The number of halogens is 1. The highest BCUT2D eigenvalue weighted by Gasteiger charge is 2.44. The van der Waals surface area contributed by atoms with E-state index in [1.807, 2.05) is 0 Å². The molecule has 0 amide bonds. The van der Waals surface area contributed by atoms with Crippen molar-refractivity contribution in [3.05, 3.63) is 71.0 Å². The molecule has 2 aliphatic heterocycles. The molecule has 1 spiro atoms. The number of piperidine rings is 1. The SMILES string of the molecule is CC1OC2(CCN(CCCC(=O)c3ccc(F)cc3)CC2)c2ccccc21. The van der Waals surface area contributed by atoms with E-state index in [0.717, 1.165) is 38.9 Å². The molecule has 2 aromatic rings. The lowest BCUT2D eigenvalue weighted by Gasteiger charge is -2.39. The van der Waals surface area contributed by atoms with Gasteiger partial charge in [-0.15, -0.1) is 0 Å². The first-order valence-corrected chi connectivity index (χ1v) is 9.86. The summed E-state index contributed by atoms with van der Waals surface area (Å²) >= 11 is 0. The van der Waals surface area contributed by atoms with E-state index in [0.29, 0.717) is 12.0 Å². The summed E-state index contributed by atoms with van der Waals surface area (Å²) in [7, 11) is 0. The van der Waals surface area contributed by atoms with Gasteiger partial charge in [-0.05, 0) is 68.1 Å². The van der Waals surface area contributed by atoms with Crippen LogP contribution >= 0.6 is 0 Å². The van der Waals surface area contributed by atoms with Crippen molar-refractivity contribution in [3.8, 4) is 0 Å². The summed E-state index contributed by atoms with van der Waals surface area (Å²) < 4.78 is 19.4. The Morgan fingerprint density at radius 2 is 1.85 bits per heavy atom. The highest BCUT2D eigenvalue weighted by Crippen LogP contribution is 2.48. The molecule has 142 valence electrons. The summed E-state index contributed by atoms with van der Waals surface area (Å²) in [5.41, 5.74) is 3.16. The third-order valence-electron chi connectivity index (χ3n) is 6.00. The summed E-state index contributed by atoms with van der Waals surface area (Å²) in [5, 5.41) is 0. The number of hydrogen-bond donors (Lipinski definition) is 0. The molecular formula is C23H26FNO2. The van der Waals surface area contributed by atoms with E-state index in [4.69, 9.17) is 4.74 Å². The van der Waals surface area contributed by atoms with Crippen molar-refractivity contribution in [1.82, 2.24) is 4.90 Å². The molecule has 0 radical (unpaired) electrons. The fourth-order valence-corrected chi connectivity index (χ4v) is 4.50. The third kappa shape index (κ3) is 3.69. The smallest absolute Gasteiger partial charge is 0.162 e. The van der Waals surface area contributed by atoms with Gasteiger partial charge in [0.1, 0.15) is 5.82 Å². The Kier molecular flexibility index (Phi) is 5.11. The van der Waals surface area contributed by atoms with Gasteiger partial charge in [-0.25, -0.2) is 4.39 Å². The van der Waals surface area contributed by atoms with Gasteiger partial charge >= 0.3 is 0 Å². The summed E-state index contributed by atoms with van der Waals surface area (Å²) in [6.45, 7) is 5.04. The number of likely N-dealkylation sites (tertiary alicyclic amines) is 1. The van der Waals surface area contributed by atoms with Gasteiger partial charge in [-0.3, -0.25) is 4.79 Å².